The second kappa shape index (κ2) is 6.93. The number of sulfone groups is 1. The molecule has 1 atom stereocenters. The maximum absolute atomic E-state index is 12.4. The number of carbonyl (C=O) groups is 2. The summed E-state index contributed by atoms with van der Waals surface area (Å²) in [5, 5.41) is 9.36. The first-order chi connectivity index (χ1) is 11.2. The van der Waals surface area contributed by atoms with Crippen LogP contribution >= 0.6 is 0 Å². The molecule has 132 valence electrons. The summed E-state index contributed by atoms with van der Waals surface area (Å²) < 4.78 is 23.5. The third-order valence-corrected chi connectivity index (χ3v) is 6.44. The lowest BCUT2D eigenvalue weighted by molar-refractivity contribution is -0.155. The minimum Gasteiger partial charge on any atom is -0.480 e. The van der Waals surface area contributed by atoms with Gasteiger partial charge in [0.15, 0.2) is 9.84 Å². The van der Waals surface area contributed by atoms with E-state index in [0.29, 0.717) is 25.8 Å². The lowest BCUT2D eigenvalue weighted by Crippen LogP contribution is -2.50. The van der Waals surface area contributed by atoms with Gasteiger partial charge in [0.2, 0.25) is 5.91 Å². The summed E-state index contributed by atoms with van der Waals surface area (Å²) in [5.74, 6) is -1.10. The molecule has 1 aromatic carbocycles. The van der Waals surface area contributed by atoms with Crippen LogP contribution in [0, 0.1) is 0 Å². The molecule has 1 fully saturated rings. The highest BCUT2D eigenvalue weighted by atomic mass is 32.2. The molecule has 0 radical (unpaired) electrons. The summed E-state index contributed by atoms with van der Waals surface area (Å²) >= 11 is 0. The summed E-state index contributed by atoms with van der Waals surface area (Å²) in [6.07, 6.45) is 1.83. The van der Waals surface area contributed by atoms with Gasteiger partial charge < -0.3 is 10.0 Å². The molecule has 2 rings (SSSR count). The van der Waals surface area contributed by atoms with Crippen molar-refractivity contribution in [2.75, 3.05) is 12.3 Å². The van der Waals surface area contributed by atoms with Gasteiger partial charge in [-0.1, -0.05) is 19.1 Å². The molecule has 1 saturated heterocycles. The molecule has 0 aliphatic carbocycles. The van der Waals surface area contributed by atoms with E-state index in [1.54, 1.807) is 38.1 Å². The van der Waals surface area contributed by atoms with Crippen LogP contribution in [0.3, 0.4) is 0 Å². The van der Waals surface area contributed by atoms with E-state index in [0.717, 1.165) is 5.56 Å². The number of rotatable bonds is 6. The van der Waals surface area contributed by atoms with Crippen molar-refractivity contribution in [1.82, 2.24) is 4.90 Å². The Balaban J connectivity index is 2.01. The van der Waals surface area contributed by atoms with Crippen molar-refractivity contribution in [3.8, 4) is 0 Å². The van der Waals surface area contributed by atoms with E-state index in [4.69, 9.17) is 0 Å². The number of benzene rings is 1. The largest absolute Gasteiger partial charge is 0.480 e. The highest BCUT2D eigenvalue weighted by molar-refractivity contribution is 7.91. The van der Waals surface area contributed by atoms with Gasteiger partial charge in [-0.05, 0) is 43.9 Å². The maximum Gasteiger partial charge on any atom is 0.329 e. The number of hydrogen-bond acceptors (Lipinski definition) is 4. The average Bonchev–Trinajstić information content (AvgIpc) is 2.96. The number of nitrogens with zero attached hydrogens (tertiary/aromatic N) is 1. The number of carbonyl (C=O) groups excluding carboxylic acids is 1. The average molecular weight is 353 g/mol. The van der Waals surface area contributed by atoms with E-state index in [2.05, 4.69) is 0 Å². The van der Waals surface area contributed by atoms with Crippen molar-refractivity contribution < 1.29 is 23.1 Å². The number of aliphatic carboxylic acids is 1. The number of amides is 1. The number of likely N-dealkylation sites (tertiary alicyclic amines) is 1. The molecule has 24 heavy (non-hydrogen) atoms. The van der Waals surface area contributed by atoms with Crippen LogP contribution in [0.1, 0.15) is 38.7 Å². The van der Waals surface area contributed by atoms with Crippen LogP contribution in [-0.2, 0) is 25.8 Å². The molecule has 1 N–H and O–H groups in total. The van der Waals surface area contributed by atoms with E-state index in [9.17, 15) is 23.1 Å². The Labute approximate surface area is 142 Å². The van der Waals surface area contributed by atoms with Crippen LogP contribution in [-0.4, -0.2) is 48.1 Å². The topological polar surface area (TPSA) is 91.8 Å². The Morgan fingerprint density at radius 2 is 1.88 bits per heavy atom. The first-order valence-electron chi connectivity index (χ1n) is 8.06. The molecule has 0 spiro atoms. The van der Waals surface area contributed by atoms with Crippen molar-refractivity contribution in [2.24, 2.45) is 0 Å². The van der Waals surface area contributed by atoms with Crippen molar-refractivity contribution in [3.63, 3.8) is 0 Å². The Kier molecular flexibility index (Phi) is 5.32. The lowest BCUT2D eigenvalue weighted by Gasteiger charge is -2.31. The van der Waals surface area contributed by atoms with Crippen LogP contribution in [0.5, 0.6) is 0 Å². The first kappa shape index (κ1) is 18.4. The second-order valence-corrected chi connectivity index (χ2v) is 8.55. The molecule has 1 amide bonds. The molecule has 0 aromatic heterocycles. The summed E-state index contributed by atoms with van der Waals surface area (Å²) in [7, 11) is -3.22. The zero-order chi connectivity index (χ0) is 18.0. The molecule has 1 aromatic rings. The van der Waals surface area contributed by atoms with E-state index in [1.165, 1.54) is 4.90 Å². The smallest absolute Gasteiger partial charge is 0.329 e. The summed E-state index contributed by atoms with van der Waals surface area (Å²) in [5.41, 5.74) is -0.259. The summed E-state index contributed by atoms with van der Waals surface area (Å²) in [4.78, 5) is 25.5. The number of hydrogen-bond donors (Lipinski definition) is 1. The molecule has 1 aliphatic rings. The molecule has 1 unspecified atom stereocenters. The van der Waals surface area contributed by atoms with Gasteiger partial charge in [0.25, 0.3) is 0 Å². The van der Waals surface area contributed by atoms with E-state index in [-0.39, 0.29) is 23.0 Å². The fourth-order valence-electron chi connectivity index (χ4n) is 3.00. The highest BCUT2D eigenvalue weighted by Crippen LogP contribution is 2.30. The number of carboxylic acid groups (broad SMARTS) is 1. The number of aryl methyl sites for hydroxylation is 1. The van der Waals surface area contributed by atoms with Gasteiger partial charge in [0.05, 0.1) is 10.6 Å². The number of carboxylic acids is 1. The van der Waals surface area contributed by atoms with Crippen molar-refractivity contribution >= 4 is 21.7 Å². The molecule has 0 saturated carbocycles. The molecular formula is C17H23NO5S. The van der Waals surface area contributed by atoms with Crippen LogP contribution in [0.4, 0.5) is 0 Å². The minimum atomic E-state index is -3.22. The Morgan fingerprint density at radius 1 is 1.25 bits per heavy atom. The van der Waals surface area contributed by atoms with E-state index < -0.39 is 21.3 Å². The first-order valence-corrected chi connectivity index (χ1v) is 9.71. The fourth-order valence-corrected chi connectivity index (χ4v) is 3.89. The third-order valence-electron chi connectivity index (χ3n) is 4.69. The van der Waals surface area contributed by atoms with Crippen LogP contribution in [0.2, 0.25) is 0 Å². The predicted molar refractivity (Wildman–Crippen MR) is 89.5 cm³/mol. The van der Waals surface area contributed by atoms with Crippen LogP contribution in [0.15, 0.2) is 29.2 Å². The SMILES string of the molecule is CCS(=O)(=O)c1ccc(CCC(=O)N2CCCC2(C)C(=O)O)cc1. The third kappa shape index (κ3) is 3.61. The zero-order valence-electron chi connectivity index (χ0n) is 14.0. The molecule has 6 nitrogen and oxygen atoms in total. The van der Waals surface area contributed by atoms with Crippen molar-refractivity contribution in [1.29, 1.82) is 0 Å². The highest BCUT2D eigenvalue weighted by Gasteiger charge is 2.45. The second-order valence-electron chi connectivity index (χ2n) is 6.28. The van der Waals surface area contributed by atoms with Gasteiger partial charge in [-0.15, -0.1) is 0 Å². The van der Waals surface area contributed by atoms with Crippen molar-refractivity contribution in [2.45, 2.75) is 50.0 Å². The quantitative estimate of drug-likeness (QED) is 0.843. The lowest BCUT2D eigenvalue weighted by atomic mass is 9.98. The van der Waals surface area contributed by atoms with Crippen molar-refractivity contribution in [3.05, 3.63) is 29.8 Å². The maximum atomic E-state index is 12.4. The normalized spacial score (nSPS) is 21.0. The van der Waals surface area contributed by atoms with Gasteiger partial charge in [-0.25, -0.2) is 13.2 Å². The Morgan fingerprint density at radius 3 is 2.42 bits per heavy atom. The Bertz CT molecular complexity index is 726. The summed E-state index contributed by atoms with van der Waals surface area (Å²) in [6, 6.07) is 6.51. The minimum absolute atomic E-state index is 0.0492. The Hall–Kier alpha value is -1.89. The zero-order valence-corrected chi connectivity index (χ0v) is 14.8. The molecular weight excluding hydrogens is 330 g/mol. The fraction of sp³-hybridized carbons (Fsp3) is 0.529. The molecule has 7 heteroatoms. The standard InChI is InChI=1S/C17H23NO5S/c1-3-24(22,23)14-8-5-13(6-9-14)7-10-15(19)18-12-4-11-17(18,2)16(20)21/h5-6,8-9H,3-4,7,10-12H2,1-2H3,(H,20,21). The van der Waals surface area contributed by atoms with Gasteiger partial charge in [-0.3, -0.25) is 4.79 Å². The molecule has 0 bridgehead atoms. The predicted octanol–water partition coefficient (Wildman–Crippen LogP) is 1.88. The van der Waals surface area contributed by atoms with Crippen LogP contribution < -0.4 is 0 Å². The molecule has 1 aliphatic heterocycles. The van der Waals surface area contributed by atoms with Crippen LogP contribution in [0.25, 0.3) is 0 Å². The van der Waals surface area contributed by atoms with E-state index in [1.807, 2.05) is 0 Å². The van der Waals surface area contributed by atoms with E-state index >= 15 is 0 Å². The molecule has 1 heterocycles. The summed E-state index contributed by atoms with van der Waals surface area (Å²) in [6.45, 7) is 3.65. The van der Waals surface area contributed by atoms with Gasteiger partial charge >= 0.3 is 5.97 Å². The van der Waals surface area contributed by atoms with Gasteiger partial charge in [0.1, 0.15) is 5.54 Å². The van der Waals surface area contributed by atoms with Gasteiger partial charge in [-0.2, -0.15) is 0 Å². The van der Waals surface area contributed by atoms with Gasteiger partial charge in [0, 0.05) is 13.0 Å². The monoisotopic (exact) mass is 353 g/mol.